The van der Waals surface area contributed by atoms with E-state index in [9.17, 15) is 4.79 Å². The fourth-order valence-electron chi connectivity index (χ4n) is 3.03. The Hall–Kier alpha value is -3.15. The first-order valence-corrected chi connectivity index (χ1v) is 8.08. The number of benzene rings is 1. The molecule has 136 valence electrons. The quantitative estimate of drug-likeness (QED) is 0.357. The van der Waals surface area contributed by atoms with Gasteiger partial charge in [-0.15, -0.1) is 0 Å². The van der Waals surface area contributed by atoms with Crippen molar-refractivity contribution in [1.82, 2.24) is 0 Å². The summed E-state index contributed by atoms with van der Waals surface area (Å²) in [6.45, 7) is 13.2. The summed E-state index contributed by atoms with van der Waals surface area (Å²) in [6, 6.07) is 5.23. The summed E-state index contributed by atoms with van der Waals surface area (Å²) in [7, 11) is 3.08. The smallest absolute Gasteiger partial charge is 0.224 e. The molecule has 6 nitrogen and oxygen atoms in total. The van der Waals surface area contributed by atoms with Crippen molar-refractivity contribution in [3.63, 3.8) is 0 Å². The molecule has 0 bridgehead atoms. The number of fused-ring (bicyclic) bond motifs is 1. The lowest BCUT2D eigenvalue weighted by molar-refractivity contribution is -0.116. The predicted octanol–water partition coefficient (Wildman–Crippen LogP) is 2.59. The molecule has 6 heteroatoms. The van der Waals surface area contributed by atoms with Crippen molar-refractivity contribution in [1.29, 1.82) is 5.41 Å². The molecule has 1 unspecified atom stereocenters. The Morgan fingerprint density at radius 2 is 2.04 bits per heavy atom. The Kier molecular flexibility index (Phi) is 5.45. The van der Waals surface area contributed by atoms with Crippen molar-refractivity contribution < 1.29 is 9.53 Å². The van der Waals surface area contributed by atoms with E-state index in [0.717, 1.165) is 11.3 Å². The standard InChI is InChI=1S/C20H24N4O2/c1-11(13(3)26-6)18-10-16-9-15(19(21)12(2)20(22)23-5)7-8-17(16)24(18)14(4)25/h7-9,18,21H,1-3,10H2,4-6H3,(H2,22,23). The van der Waals surface area contributed by atoms with E-state index in [1.807, 2.05) is 12.1 Å². The summed E-state index contributed by atoms with van der Waals surface area (Å²) in [5, 5.41) is 8.31. The largest absolute Gasteiger partial charge is 0.497 e. The SMILES string of the molecule is C=C(OC)C(=C)C1Cc2cc(C(=N)C(=C)C(N)=NC)ccc2N1C(C)=O. The van der Waals surface area contributed by atoms with Crippen LogP contribution in [0.15, 0.2) is 59.8 Å². The number of anilines is 1. The molecule has 1 heterocycles. The second-order valence-corrected chi connectivity index (χ2v) is 6.07. The molecule has 0 spiro atoms. The van der Waals surface area contributed by atoms with Gasteiger partial charge in [0, 0.05) is 36.4 Å². The number of hydrogen-bond donors (Lipinski definition) is 2. The van der Waals surface area contributed by atoms with E-state index in [0.29, 0.717) is 28.9 Å². The van der Waals surface area contributed by atoms with Gasteiger partial charge in [-0.1, -0.05) is 25.8 Å². The Labute approximate surface area is 153 Å². The zero-order valence-electron chi connectivity index (χ0n) is 15.4. The third kappa shape index (κ3) is 3.31. The number of nitrogens with one attached hydrogen (secondary N) is 1. The van der Waals surface area contributed by atoms with Crippen LogP contribution in [0, 0.1) is 5.41 Å². The summed E-state index contributed by atoms with van der Waals surface area (Å²) in [5.41, 5.74) is 9.39. The highest BCUT2D eigenvalue weighted by atomic mass is 16.5. The lowest BCUT2D eigenvalue weighted by Crippen LogP contribution is -2.37. The first-order valence-electron chi connectivity index (χ1n) is 8.08. The van der Waals surface area contributed by atoms with E-state index in [1.54, 1.807) is 18.0 Å². The molecule has 1 aromatic carbocycles. The minimum atomic E-state index is -0.259. The molecule has 0 fully saturated rings. The van der Waals surface area contributed by atoms with Gasteiger partial charge in [-0.3, -0.25) is 15.2 Å². The maximum absolute atomic E-state index is 12.2. The normalized spacial score (nSPS) is 16.0. The number of hydrogen-bond acceptors (Lipinski definition) is 4. The molecule has 0 aromatic heterocycles. The molecular formula is C20H24N4O2. The number of nitrogens with two attached hydrogens (primary N) is 1. The van der Waals surface area contributed by atoms with Crippen LogP contribution in [-0.4, -0.2) is 37.7 Å². The molecule has 1 atom stereocenters. The van der Waals surface area contributed by atoms with Crippen LogP contribution in [0.25, 0.3) is 0 Å². The molecule has 0 aliphatic carbocycles. The van der Waals surface area contributed by atoms with Crippen molar-refractivity contribution in [2.24, 2.45) is 10.7 Å². The number of ether oxygens (including phenoxy) is 1. The van der Waals surface area contributed by atoms with Gasteiger partial charge in [0.1, 0.15) is 11.6 Å². The number of amidine groups is 1. The monoisotopic (exact) mass is 352 g/mol. The van der Waals surface area contributed by atoms with Crippen molar-refractivity contribution in [3.05, 3.63) is 66.0 Å². The van der Waals surface area contributed by atoms with E-state index in [1.165, 1.54) is 14.0 Å². The Morgan fingerprint density at radius 3 is 2.58 bits per heavy atom. The fraction of sp³-hybridized carbons (Fsp3) is 0.250. The van der Waals surface area contributed by atoms with Crippen molar-refractivity contribution in [3.8, 4) is 0 Å². The van der Waals surface area contributed by atoms with Crippen LogP contribution in [-0.2, 0) is 16.0 Å². The number of methoxy groups -OCH3 is 1. The third-order valence-corrected chi connectivity index (χ3v) is 4.55. The number of aliphatic imine (C=N–C) groups is 1. The highest BCUT2D eigenvalue weighted by molar-refractivity contribution is 6.27. The lowest BCUT2D eigenvalue weighted by atomic mass is 9.98. The Morgan fingerprint density at radius 1 is 1.38 bits per heavy atom. The molecule has 2 rings (SSSR count). The van der Waals surface area contributed by atoms with E-state index in [4.69, 9.17) is 15.9 Å². The predicted molar refractivity (Wildman–Crippen MR) is 106 cm³/mol. The summed E-state index contributed by atoms with van der Waals surface area (Å²) >= 11 is 0. The van der Waals surface area contributed by atoms with E-state index in [2.05, 4.69) is 24.7 Å². The average Bonchev–Trinajstić information content (AvgIpc) is 3.03. The minimum Gasteiger partial charge on any atom is -0.497 e. The number of carbonyl (C=O) groups excluding carboxylic acids is 1. The highest BCUT2D eigenvalue weighted by Gasteiger charge is 2.35. The average molecular weight is 352 g/mol. The van der Waals surface area contributed by atoms with Crippen molar-refractivity contribution in [2.45, 2.75) is 19.4 Å². The Balaban J connectivity index is 2.41. The molecule has 0 saturated carbocycles. The zero-order valence-corrected chi connectivity index (χ0v) is 15.4. The van der Waals surface area contributed by atoms with Gasteiger partial charge in [0.05, 0.1) is 18.9 Å². The topological polar surface area (TPSA) is 91.8 Å². The molecule has 1 aliphatic heterocycles. The van der Waals surface area contributed by atoms with Crippen LogP contribution < -0.4 is 10.6 Å². The second-order valence-electron chi connectivity index (χ2n) is 6.07. The van der Waals surface area contributed by atoms with Crippen LogP contribution >= 0.6 is 0 Å². The van der Waals surface area contributed by atoms with Gasteiger partial charge in [-0.25, -0.2) is 0 Å². The van der Waals surface area contributed by atoms with Crippen LogP contribution in [0.4, 0.5) is 5.69 Å². The summed E-state index contributed by atoms with van der Waals surface area (Å²) in [5.74, 6) is 0.583. The minimum absolute atomic E-state index is 0.0894. The first kappa shape index (κ1) is 19.2. The first-order chi connectivity index (χ1) is 12.2. The van der Waals surface area contributed by atoms with Gasteiger partial charge in [0.15, 0.2) is 0 Å². The number of amides is 1. The van der Waals surface area contributed by atoms with E-state index < -0.39 is 0 Å². The van der Waals surface area contributed by atoms with E-state index >= 15 is 0 Å². The molecule has 1 amide bonds. The molecule has 3 N–H and O–H groups in total. The maximum Gasteiger partial charge on any atom is 0.224 e. The van der Waals surface area contributed by atoms with Gasteiger partial charge >= 0.3 is 0 Å². The molecule has 1 aliphatic rings. The van der Waals surface area contributed by atoms with Gasteiger partial charge in [-0.2, -0.15) is 0 Å². The molecular weight excluding hydrogens is 328 g/mol. The van der Waals surface area contributed by atoms with Crippen molar-refractivity contribution in [2.75, 3.05) is 19.1 Å². The van der Waals surface area contributed by atoms with Crippen LogP contribution in [0.3, 0.4) is 0 Å². The van der Waals surface area contributed by atoms with Gasteiger partial charge in [-0.05, 0) is 24.1 Å². The summed E-state index contributed by atoms with van der Waals surface area (Å²) in [6.07, 6.45) is 0.571. The van der Waals surface area contributed by atoms with Gasteiger partial charge < -0.3 is 15.4 Å². The molecule has 26 heavy (non-hydrogen) atoms. The van der Waals surface area contributed by atoms with Crippen LogP contribution in [0.1, 0.15) is 18.1 Å². The molecule has 0 saturated heterocycles. The van der Waals surface area contributed by atoms with Crippen molar-refractivity contribution >= 4 is 23.1 Å². The molecule has 1 aromatic rings. The zero-order chi connectivity index (χ0) is 19.6. The summed E-state index contributed by atoms with van der Waals surface area (Å²) in [4.78, 5) is 17.8. The van der Waals surface area contributed by atoms with E-state index in [-0.39, 0.29) is 23.5 Å². The molecule has 0 radical (unpaired) electrons. The third-order valence-electron chi connectivity index (χ3n) is 4.55. The highest BCUT2D eigenvalue weighted by Crippen LogP contribution is 2.37. The number of carbonyl (C=O) groups is 1. The lowest BCUT2D eigenvalue weighted by Gasteiger charge is -2.26. The second kappa shape index (κ2) is 7.39. The number of nitrogens with zero attached hydrogens (tertiary/aromatic N) is 2. The Bertz CT molecular complexity index is 851. The summed E-state index contributed by atoms with van der Waals surface area (Å²) < 4.78 is 5.18. The van der Waals surface area contributed by atoms with Gasteiger partial charge in [0.2, 0.25) is 5.91 Å². The number of rotatable bonds is 6. The van der Waals surface area contributed by atoms with Crippen LogP contribution in [0.2, 0.25) is 0 Å². The fourth-order valence-corrected chi connectivity index (χ4v) is 3.03. The maximum atomic E-state index is 12.2. The van der Waals surface area contributed by atoms with Gasteiger partial charge in [0.25, 0.3) is 0 Å². The van der Waals surface area contributed by atoms with Crippen LogP contribution in [0.5, 0.6) is 0 Å².